The largest absolute Gasteiger partial charge is 0.524 e. The standard InChI is InChI=1S/C31H42NO7P/c1-2-3-4-5-6-7-8-9-10-11-12-13-14-15-16-17-18-19-20-21-30(33)32-29(31(34)35)26-27-22-24-28(25-23-27)39-40(36,37)38/h3-4,6-7,9-10,12-13,15-16,18-19,22-25,29H,2,5,8,11,14,17,20-21,26H2,1H3,(H,32,33)(H,34,35)(H2,36,37,38)/b4-3?,7-6?,10-9?,13-12?,16-15?,19-18-/t29-/m0/s1. The van der Waals surface area contributed by atoms with Crippen LogP contribution < -0.4 is 9.84 Å². The van der Waals surface area contributed by atoms with Crippen LogP contribution >= 0.6 is 7.82 Å². The Morgan fingerprint density at radius 1 is 0.800 bits per heavy atom. The molecule has 0 bridgehead atoms. The summed E-state index contributed by atoms with van der Waals surface area (Å²) in [5, 5.41) is 12.0. The average molecular weight is 572 g/mol. The summed E-state index contributed by atoms with van der Waals surface area (Å²) in [5.41, 5.74) is 0.572. The lowest BCUT2D eigenvalue weighted by Crippen LogP contribution is -2.42. The van der Waals surface area contributed by atoms with Gasteiger partial charge in [-0.25, -0.2) is 9.36 Å². The number of phosphoric ester groups is 1. The van der Waals surface area contributed by atoms with E-state index in [1.54, 1.807) is 0 Å². The number of carbonyl (C=O) groups is 2. The van der Waals surface area contributed by atoms with Crippen molar-refractivity contribution in [1.29, 1.82) is 0 Å². The maximum absolute atomic E-state index is 12.2. The summed E-state index contributed by atoms with van der Waals surface area (Å²) in [4.78, 5) is 41.4. The summed E-state index contributed by atoms with van der Waals surface area (Å²) in [6, 6.07) is 4.52. The fraction of sp³-hybridized carbons (Fsp3) is 0.355. The summed E-state index contributed by atoms with van der Waals surface area (Å²) in [6.07, 6.45) is 31.6. The summed E-state index contributed by atoms with van der Waals surface area (Å²) in [5.74, 6) is -1.57. The molecular weight excluding hydrogens is 529 g/mol. The van der Waals surface area contributed by atoms with Gasteiger partial charge < -0.3 is 14.9 Å². The number of hydrogen-bond acceptors (Lipinski definition) is 4. The van der Waals surface area contributed by atoms with E-state index in [1.807, 2.05) is 12.2 Å². The van der Waals surface area contributed by atoms with Gasteiger partial charge in [-0.3, -0.25) is 14.6 Å². The number of phosphoric acid groups is 1. The van der Waals surface area contributed by atoms with Gasteiger partial charge in [-0.15, -0.1) is 0 Å². The molecule has 40 heavy (non-hydrogen) atoms. The molecule has 0 aliphatic heterocycles. The number of carboxylic acid groups (broad SMARTS) is 1. The first-order chi connectivity index (χ1) is 19.2. The molecule has 1 atom stereocenters. The molecule has 0 fully saturated rings. The fourth-order valence-electron chi connectivity index (χ4n) is 3.38. The van der Waals surface area contributed by atoms with Gasteiger partial charge in [0.05, 0.1) is 0 Å². The molecule has 1 rings (SSSR count). The Morgan fingerprint density at radius 2 is 1.25 bits per heavy atom. The van der Waals surface area contributed by atoms with E-state index >= 15 is 0 Å². The quantitative estimate of drug-likeness (QED) is 0.101. The van der Waals surface area contributed by atoms with Crippen LogP contribution in [0.3, 0.4) is 0 Å². The molecule has 0 aliphatic rings. The molecule has 0 saturated heterocycles. The lowest BCUT2D eigenvalue weighted by molar-refractivity contribution is -0.141. The Morgan fingerprint density at radius 3 is 1.68 bits per heavy atom. The molecule has 4 N–H and O–H groups in total. The van der Waals surface area contributed by atoms with Crippen LogP contribution in [0.4, 0.5) is 0 Å². The monoisotopic (exact) mass is 571 g/mol. The zero-order valence-electron chi connectivity index (χ0n) is 23.1. The van der Waals surface area contributed by atoms with E-state index in [2.05, 4.69) is 77.5 Å². The smallest absolute Gasteiger partial charge is 0.480 e. The normalized spacial score (nSPS) is 13.5. The minimum atomic E-state index is -4.67. The van der Waals surface area contributed by atoms with E-state index in [0.717, 1.165) is 38.5 Å². The molecule has 0 unspecified atom stereocenters. The highest BCUT2D eigenvalue weighted by Crippen LogP contribution is 2.37. The number of allylic oxidation sites excluding steroid dienone is 12. The van der Waals surface area contributed by atoms with Gasteiger partial charge in [0.25, 0.3) is 0 Å². The van der Waals surface area contributed by atoms with E-state index < -0.39 is 19.8 Å². The van der Waals surface area contributed by atoms with E-state index in [9.17, 15) is 19.3 Å². The Kier molecular flexibility index (Phi) is 18.5. The van der Waals surface area contributed by atoms with Crippen molar-refractivity contribution in [3.05, 3.63) is 103 Å². The van der Waals surface area contributed by atoms with Gasteiger partial charge in [-0.2, -0.15) is 0 Å². The number of amides is 1. The Balaban J connectivity index is 2.22. The van der Waals surface area contributed by atoms with Crippen molar-refractivity contribution in [2.45, 2.75) is 70.8 Å². The van der Waals surface area contributed by atoms with Crippen molar-refractivity contribution in [1.82, 2.24) is 5.32 Å². The van der Waals surface area contributed by atoms with Crippen LogP contribution in [0.1, 0.15) is 63.9 Å². The SMILES string of the molecule is CCC=CCC=CCC=CCC=CCC=CC/C=C\CCC(=O)N[C@@H](Cc1ccc(OP(=O)(O)O)cc1)C(=O)O. The molecule has 0 radical (unpaired) electrons. The summed E-state index contributed by atoms with van der Waals surface area (Å²) in [6.45, 7) is 2.13. The van der Waals surface area contributed by atoms with Gasteiger partial charge in [-0.1, -0.05) is 92.0 Å². The van der Waals surface area contributed by atoms with Crippen molar-refractivity contribution in [2.75, 3.05) is 0 Å². The van der Waals surface area contributed by atoms with Crippen molar-refractivity contribution in [3.8, 4) is 5.75 Å². The molecule has 0 aliphatic carbocycles. The molecule has 1 amide bonds. The van der Waals surface area contributed by atoms with Crippen molar-refractivity contribution < 1.29 is 33.6 Å². The second-order valence-electron chi connectivity index (χ2n) is 8.84. The topological polar surface area (TPSA) is 133 Å². The number of aliphatic carboxylic acids is 1. The van der Waals surface area contributed by atoms with Crippen LogP contribution in [-0.2, 0) is 20.6 Å². The number of benzene rings is 1. The third-order valence-electron chi connectivity index (χ3n) is 5.36. The van der Waals surface area contributed by atoms with Crippen LogP contribution in [0.25, 0.3) is 0 Å². The molecule has 0 heterocycles. The number of carbonyl (C=O) groups excluding carboxylic acids is 1. The number of nitrogens with one attached hydrogen (secondary N) is 1. The van der Waals surface area contributed by atoms with Crippen molar-refractivity contribution in [2.24, 2.45) is 0 Å². The number of hydrogen-bond donors (Lipinski definition) is 4. The van der Waals surface area contributed by atoms with Crippen molar-refractivity contribution in [3.63, 3.8) is 0 Å². The zero-order valence-corrected chi connectivity index (χ0v) is 24.0. The predicted octanol–water partition coefficient (Wildman–Crippen LogP) is 6.75. The Hall–Kier alpha value is -3.45. The maximum Gasteiger partial charge on any atom is 0.524 e. The number of rotatable bonds is 20. The van der Waals surface area contributed by atoms with E-state index in [0.29, 0.717) is 12.0 Å². The fourth-order valence-corrected chi connectivity index (χ4v) is 3.78. The van der Waals surface area contributed by atoms with Crippen molar-refractivity contribution >= 4 is 19.7 Å². The van der Waals surface area contributed by atoms with Crippen LogP contribution in [-0.4, -0.2) is 32.8 Å². The van der Waals surface area contributed by atoms with E-state index in [1.165, 1.54) is 24.3 Å². The molecule has 1 aromatic carbocycles. The Bertz CT molecular complexity index is 1100. The van der Waals surface area contributed by atoms with Crippen LogP contribution in [0.15, 0.2) is 97.2 Å². The van der Waals surface area contributed by atoms with Gasteiger partial charge in [0.2, 0.25) is 5.91 Å². The molecule has 8 nitrogen and oxygen atoms in total. The molecular formula is C31H42NO7P. The first-order valence-corrected chi connectivity index (χ1v) is 15.0. The summed E-state index contributed by atoms with van der Waals surface area (Å²) in [7, 11) is -4.67. The summed E-state index contributed by atoms with van der Waals surface area (Å²) < 4.78 is 15.3. The highest BCUT2D eigenvalue weighted by Gasteiger charge is 2.20. The first kappa shape index (κ1) is 34.6. The lowest BCUT2D eigenvalue weighted by Gasteiger charge is -2.15. The summed E-state index contributed by atoms with van der Waals surface area (Å²) >= 11 is 0. The van der Waals surface area contributed by atoms with Gasteiger partial charge in [0.1, 0.15) is 11.8 Å². The van der Waals surface area contributed by atoms with Gasteiger partial charge in [0, 0.05) is 12.8 Å². The number of carboxylic acids is 1. The average Bonchev–Trinajstić information content (AvgIpc) is 2.89. The van der Waals surface area contributed by atoms with Crippen LogP contribution in [0.5, 0.6) is 5.75 Å². The highest BCUT2D eigenvalue weighted by molar-refractivity contribution is 7.46. The molecule has 218 valence electrons. The molecule has 0 spiro atoms. The van der Waals surface area contributed by atoms with E-state index in [-0.39, 0.29) is 24.5 Å². The third-order valence-corrected chi connectivity index (χ3v) is 5.80. The minimum Gasteiger partial charge on any atom is -0.480 e. The second-order valence-corrected chi connectivity index (χ2v) is 10.0. The first-order valence-electron chi connectivity index (χ1n) is 13.5. The molecule has 1 aromatic rings. The minimum absolute atomic E-state index is 0.0250. The van der Waals surface area contributed by atoms with E-state index in [4.69, 9.17) is 9.79 Å². The predicted molar refractivity (Wildman–Crippen MR) is 160 cm³/mol. The van der Waals surface area contributed by atoms with Gasteiger partial charge >= 0.3 is 13.8 Å². The molecule has 0 aromatic heterocycles. The maximum atomic E-state index is 12.2. The third kappa shape index (κ3) is 19.6. The lowest BCUT2D eigenvalue weighted by atomic mass is 10.1. The van der Waals surface area contributed by atoms with Crippen LogP contribution in [0, 0.1) is 0 Å². The zero-order chi connectivity index (χ0) is 29.5. The highest BCUT2D eigenvalue weighted by atomic mass is 31.2. The van der Waals surface area contributed by atoms with Crippen LogP contribution in [0.2, 0.25) is 0 Å². The van der Waals surface area contributed by atoms with Gasteiger partial charge in [-0.05, 0) is 62.6 Å². The Labute approximate surface area is 237 Å². The molecule has 0 saturated carbocycles. The van der Waals surface area contributed by atoms with Gasteiger partial charge in [0.15, 0.2) is 0 Å². The second kappa shape index (κ2) is 21.4. The molecule has 9 heteroatoms.